The Hall–Kier alpha value is -1.17. The first-order valence-electron chi connectivity index (χ1n) is 6.01. The number of aromatic nitrogens is 3. The number of anilines is 1. The van der Waals surface area contributed by atoms with E-state index < -0.39 is 18.4 Å². The van der Waals surface area contributed by atoms with Crippen LogP contribution in [-0.2, 0) is 4.74 Å². The third-order valence-corrected chi connectivity index (χ3v) is 4.17. The summed E-state index contributed by atoms with van der Waals surface area (Å²) in [5, 5.41) is 19.4. The van der Waals surface area contributed by atoms with Crippen molar-refractivity contribution in [2.75, 3.05) is 12.3 Å². The summed E-state index contributed by atoms with van der Waals surface area (Å²) in [7, 11) is 0. The largest absolute Gasteiger partial charge is 0.394 e. The quantitative estimate of drug-likeness (QED) is 0.513. The van der Waals surface area contributed by atoms with Crippen LogP contribution in [0.3, 0.4) is 0 Å². The molecule has 9 heteroatoms. The highest BCUT2D eigenvalue weighted by Gasteiger charge is 2.35. The van der Waals surface area contributed by atoms with Gasteiger partial charge in [0.15, 0.2) is 5.65 Å². The van der Waals surface area contributed by atoms with Gasteiger partial charge in [0.1, 0.15) is 12.3 Å². The van der Waals surface area contributed by atoms with Gasteiger partial charge in [-0.05, 0) is 22.6 Å². The molecule has 2 aromatic rings. The molecule has 0 radical (unpaired) electrons. The number of fused-ring (bicyclic) bond motifs is 1. The van der Waals surface area contributed by atoms with Crippen molar-refractivity contribution in [1.29, 1.82) is 0 Å². The van der Waals surface area contributed by atoms with Gasteiger partial charge >= 0.3 is 0 Å². The Morgan fingerprint density at radius 2 is 2.40 bits per heavy atom. The molecule has 0 saturated carbocycles. The Morgan fingerprint density at radius 1 is 1.65 bits per heavy atom. The second kappa shape index (κ2) is 4.98. The number of halogens is 1. The summed E-state index contributed by atoms with van der Waals surface area (Å²) in [5.41, 5.74) is 5.67. The van der Waals surface area contributed by atoms with E-state index in [-0.39, 0.29) is 18.1 Å². The van der Waals surface area contributed by atoms with Crippen molar-refractivity contribution >= 4 is 39.6 Å². The summed E-state index contributed by atoms with van der Waals surface area (Å²) < 4.78 is 7.96. The minimum Gasteiger partial charge on any atom is -0.394 e. The summed E-state index contributed by atoms with van der Waals surface area (Å²) >= 11 is 2.03. The fourth-order valence-electron chi connectivity index (χ4n) is 2.40. The molecule has 0 amide bonds. The van der Waals surface area contributed by atoms with E-state index in [1.807, 2.05) is 22.6 Å². The van der Waals surface area contributed by atoms with Crippen molar-refractivity contribution in [3.05, 3.63) is 20.1 Å². The molecule has 2 aromatic heterocycles. The third-order valence-electron chi connectivity index (χ3n) is 3.35. The molecule has 1 unspecified atom stereocenters. The van der Waals surface area contributed by atoms with Crippen LogP contribution < -0.4 is 11.3 Å². The van der Waals surface area contributed by atoms with Gasteiger partial charge in [-0.1, -0.05) is 0 Å². The Balaban J connectivity index is 2.11. The summed E-state index contributed by atoms with van der Waals surface area (Å²) in [5.74, 6) is 0.0236. The van der Waals surface area contributed by atoms with E-state index in [4.69, 9.17) is 15.6 Å². The van der Waals surface area contributed by atoms with Gasteiger partial charge in [0.05, 0.1) is 18.1 Å². The highest BCUT2D eigenvalue weighted by Crippen LogP contribution is 2.32. The monoisotopic (exact) mass is 392 g/mol. The number of aromatic amines is 1. The maximum atomic E-state index is 11.9. The van der Waals surface area contributed by atoms with Crippen molar-refractivity contribution in [2.45, 2.75) is 24.9 Å². The number of ether oxygens (including phenoxy) is 1. The zero-order valence-corrected chi connectivity index (χ0v) is 12.4. The van der Waals surface area contributed by atoms with Crippen LogP contribution in [0.15, 0.2) is 11.0 Å². The average Bonchev–Trinajstić information content (AvgIpc) is 2.90. The van der Waals surface area contributed by atoms with Crippen molar-refractivity contribution in [3.8, 4) is 0 Å². The van der Waals surface area contributed by atoms with Crippen LogP contribution >= 0.6 is 22.6 Å². The number of hydrogen-bond acceptors (Lipinski definition) is 6. The van der Waals surface area contributed by atoms with Gasteiger partial charge in [-0.2, -0.15) is 4.98 Å². The SMILES string of the molecule is Nc1nc2c(c(I)cn2[C@H]2CC(O)[C@@H](CO)O2)c(=O)[nH]1. The lowest BCUT2D eigenvalue weighted by molar-refractivity contribution is -0.0430. The molecule has 20 heavy (non-hydrogen) atoms. The zero-order valence-electron chi connectivity index (χ0n) is 10.3. The van der Waals surface area contributed by atoms with Crippen LogP contribution in [0.2, 0.25) is 0 Å². The predicted octanol–water partition coefficient (Wildman–Crippen LogP) is -0.448. The van der Waals surface area contributed by atoms with Gasteiger partial charge in [0.25, 0.3) is 5.56 Å². The number of nitrogens with two attached hydrogens (primary N) is 1. The third kappa shape index (κ3) is 2.10. The molecule has 3 heterocycles. The summed E-state index contributed by atoms with van der Waals surface area (Å²) in [6, 6.07) is 0. The van der Waals surface area contributed by atoms with E-state index in [0.717, 1.165) is 3.57 Å². The molecule has 108 valence electrons. The molecule has 0 bridgehead atoms. The molecule has 1 saturated heterocycles. The van der Waals surface area contributed by atoms with E-state index in [1.165, 1.54) is 0 Å². The van der Waals surface area contributed by atoms with E-state index >= 15 is 0 Å². The molecule has 0 aromatic carbocycles. The number of hydrogen-bond donors (Lipinski definition) is 4. The minimum atomic E-state index is -0.751. The summed E-state index contributed by atoms with van der Waals surface area (Å²) in [6.45, 7) is -0.260. The number of H-pyrrole nitrogens is 1. The second-order valence-corrected chi connectivity index (χ2v) is 5.81. The van der Waals surface area contributed by atoms with Crippen LogP contribution in [0.1, 0.15) is 12.6 Å². The normalized spacial score (nSPS) is 26.4. The first-order chi connectivity index (χ1) is 9.51. The van der Waals surface area contributed by atoms with Crippen molar-refractivity contribution in [1.82, 2.24) is 14.5 Å². The van der Waals surface area contributed by atoms with Crippen LogP contribution in [-0.4, -0.2) is 43.6 Å². The lowest BCUT2D eigenvalue weighted by atomic mass is 10.2. The van der Waals surface area contributed by atoms with Gasteiger partial charge in [0, 0.05) is 16.2 Å². The molecule has 1 fully saturated rings. The summed E-state index contributed by atoms with van der Waals surface area (Å²) in [4.78, 5) is 18.5. The maximum absolute atomic E-state index is 11.9. The molecule has 1 aliphatic rings. The fraction of sp³-hybridized carbons (Fsp3) is 0.455. The van der Waals surface area contributed by atoms with Crippen molar-refractivity contribution in [3.63, 3.8) is 0 Å². The predicted molar refractivity (Wildman–Crippen MR) is 79.1 cm³/mol. The smallest absolute Gasteiger partial charge is 0.262 e. The van der Waals surface area contributed by atoms with Gasteiger partial charge in [0.2, 0.25) is 5.95 Å². The molecule has 0 spiro atoms. The average molecular weight is 392 g/mol. The molecule has 8 nitrogen and oxygen atoms in total. The van der Waals surface area contributed by atoms with E-state index in [2.05, 4.69) is 9.97 Å². The first-order valence-corrected chi connectivity index (χ1v) is 7.09. The van der Waals surface area contributed by atoms with E-state index in [9.17, 15) is 9.90 Å². The van der Waals surface area contributed by atoms with E-state index in [1.54, 1.807) is 10.8 Å². The lowest BCUT2D eigenvalue weighted by Crippen LogP contribution is -2.24. The second-order valence-electron chi connectivity index (χ2n) is 4.65. The number of aliphatic hydroxyl groups is 2. The number of nitrogen functional groups attached to an aromatic ring is 1. The first kappa shape index (κ1) is 13.8. The van der Waals surface area contributed by atoms with Crippen molar-refractivity contribution in [2.24, 2.45) is 0 Å². The molecule has 5 N–H and O–H groups in total. The Morgan fingerprint density at radius 3 is 3.05 bits per heavy atom. The summed E-state index contributed by atoms with van der Waals surface area (Å²) in [6.07, 6.45) is 0.180. The van der Waals surface area contributed by atoms with Crippen LogP contribution in [0, 0.1) is 3.57 Å². The Bertz CT molecular complexity index is 712. The number of rotatable bonds is 2. The molecule has 3 atom stereocenters. The molecule has 3 rings (SSSR count). The van der Waals surface area contributed by atoms with Crippen LogP contribution in [0.4, 0.5) is 5.95 Å². The van der Waals surface area contributed by atoms with Crippen LogP contribution in [0.5, 0.6) is 0 Å². The van der Waals surface area contributed by atoms with Gasteiger partial charge in [-0.15, -0.1) is 0 Å². The Labute approximate surface area is 126 Å². The highest BCUT2D eigenvalue weighted by atomic mass is 127. The minimum absolute atomic E-state index is 0.0236. The molecule has 1 aliphatic heterocycles. The van der Waals surface area contributed by atoms with Crippen molar-refractivity contribution < 1.29 is 14.9 Å². The van der Waals surface area contributed by atoms with Gasteiger partial charge < -0.3 is 25.3 Å². The fourth-order valence-corrected chi connectivity index (χ4v) is 3.18. The lowest BCUT2D eigenvalue weighted by Gasteiger charge is -2.14. The maximum Gasteiger partial charge on any atom is 0.262 e. The topological polar surface area (TPSA) is 126 Å². The van der Waals surface area contributed by atoms with Gasteiger partial charge in [-0.3, -0.25) is 9.78 Å². The zero-order chi connectivity index (χ0) is 14.4. The Kier molecular flexibility index (Phi) is 3.44. The van der Waals surface area contributed by atoms with Crippen LogP contribution in [0.25, 0.3) is 11.0 Å². The molecular formula is C11H13IN4O4. The molecule has 0 aliphatic carbocycles. The number of aliphatic hydroxyl groups excluding tert-OH is 2. The number of nitrogens with one attached hydrogen (secondary N) is 1. The molecular weight excluding hydrogens is 379 g/mol. The van der Waals surface area contributed by atoms with E-state index in [0.29, 0.717) is 17.5 Å². The highest BCUT2D eigenvalue weighted by molar-refractivity contribution is 14.1. The standard InChI is InChI=1S/C11H13IN4O4/c12-4-2-16(7-1-5(18)6(3-17)20-7)9-8(4)10(19)15-11(13)14-9/h2,5-7,17-18H,1,3H2,(H3,13,14,15,19)/t5?,6-,7-/m1/s1. The number of nitrogens with zero attached hydrogens (tertiary/aromatic N) is 2. The van der Waals surface area contributed by atoms with Gasteiger partial charge in [-0.25, -0.2) is 0 Å².